The Bertz CT molecular complexity index is 993. The third kappa shape index (κ3) is 3.93. The zero-order valence-electron chi connectivity index (χ0n) is 17.9. The second-order valence-corrected chi connectivity index (χ2v) is 8.31. The lowest BCUT2D eigenvalue weighted by Gasteiger charge is -2.24. The van der Waals surface area contributed by atoms with Crippen molar-refractivity contribution in [2.24, 2.45) is 0 Å². The summed E-state index contributed by atoms with van der Waals surface area (Å²) in [6, 6.07) is 16.9. The molecule has 2 fully saturated rings. The summed E-state index contributed by atoms with van der Waals surface area (Å²) in [7, 11) is 1.65. The van der Waals surface area contributed by atoms with E-state index in [1.165, 1.54) is 4.90 Å². The molecule has 2 saturated heterocycles. The molecule has 2 aliphatic rings. The number of amides is 2. The number of rotatable bonds is 6. The third-order valence-corrected chi connectivity index (χ3v) is 6.17. The molecule has 4 rings (SSSR count). The van der Waals surface area contributed by atoms with E-state index in [0.29, 0.717) is 12.2 Å². The van der Waals surface area contributed by atoms with Crippen LogP contribution in [0.1, 0.15) is 41.3 Å². The van der Waals surface area contributed by atoms with Crippen molar-refractivity contribution < 1.29 is 14.3 Å². The molecule has 2 atom stereocenters. The first kappa shape index (κ1) is 21.1. The number of methoxy groups -OCH3 is 1. The smallest absolute Gasteiger partial charge is 0.259 e. The Morgan fingerprint density at radius 3 is 2.74 bits per heavy atom. The van der Waals surface area contributed by atoms with E-state index < -0.39 is 5.54 Å². The van der Waals surface area contributed by atoms with Crippen molar-refractivity contribution in [2.45, 2.75) is 37.9 Å². The van der Waals surface area contributed by atoms with Gasteiger partial charge in [-0.25, -0.2) is 0 Å². The molecule has 2 aromatic rings. The Morgan fingerprint density at radius 2 is 2.00 bits per heavy atom. The number of hydrogen-bond acceptors (Lipinski definition) is 4. The quantitative estimate of drug-likeness (QED) is 0.753. The van der Waals surface area contributed by atoms with Gasteiger partial charge in [-0.15, -0.1) is 0 Å². The molecule has 0 aromatic heterocycles. The van der Waals surface area contributed by atoms with Crippen LogP contribution < -0.4 is 5.32 Å². The van der Waals surface area contributed by atoms with Crippen LogP contribution in [0.5, 0.6) is 0 Å². The fourth-order valence-corrected chi connectivity index (χ4v) is 4.47. The van der Waals surface area contributed by atoms with Crippen LogP contribution in [0.2, 0.25) is 0 Å². The molecule has 7 nitrogen and oxygen atoms in total. The Morgan fingerprint density at radius 1 is 1.23 bits per heavy atom. The predicted molar refractivity (Wildman–Crippen MR) is 118 cm³/mol. The predicted octanol–water partition coefficient (Wildman–Crippen LogP) is 2.72. The molecule has 2 heterocycles. The van der Waals surface area contributed by atoms with E-state index in [1.807, 2.05) is 53.4 Å². The van der Waals surface area contributed by atoms with Crippen LogP contribution in [0.4, 0.5) is 0 Å². The Hall–Kier alpha value is -3.19. The lowest BCUT2D eigenvalue weighted by molar-refractivity contribution is -0.131. The van der Waals surface area contributed by atoms with Crippen LogP contribution in [0, 0.1) is 5.41 Å². The van der Waals surface area contributed by atoms with Crippen LogP contribution in [-0.2, 0) is 21.6 Å². The summed E-state index contributed by atoms with van der Waals surface area (Å²) in [4.78, 5) is 29.6. The minimum Gasteiger partial charge on any atom is -0.383 e. The van der Waals surface area contributed by atoms with Crippen LogP contribution in [-0.4, -0.2) is 53.9 Å². The van der Waals surface area contributed by atoms with Crippen molar-refractivity contribution in [1.82, 2.24) is 15.1 Å². The number of carbonyl (C=O) groups excluding carboxylic acids is 2. The van der Waals surface area contributed by atoms with Crippen LogP contribution in [0.3, 0.4) is 0 Å². The maximum atomic E-state index is 13.2. The molecule has 7 heteroatoms. The summed E-state index contributed by atoms with van der Waals surface area (Å²) in [5, 5.41) is 11.4. The van der Waals surface area contributed by atoms with Gasteiger partial charge in [-0.05, 0) is 43.0 Å². The van der Waals surface area contributed by atoms with E-state index in [1.54, 1.807) is 20.1 Å². The molecule has 0 spiro atoms. The molecule has 0 aliphatic carbocycles. The maximum Gasteiger partial charge on any atom is 0.259 e. The molecule has 0 radical (unpaired) electrons. The van der Waals surface area contributed by atoms with E-state index >= 15 is 0 Å². The zero-order chi connectivity index (χ0) is 22.0. The van der Waals surface area contributed by atoms with E-state index in [-0.39, 0.29) is 30.4 Å². The summed E-state index contributed by atoms with van der Waals surface area (Å²) < 4.78 is 5.27. The molecule has 162 valence electrons. The molecule has 2 amide bonds. The summed E-state index contributed by atoms with van der Waals surface area (Å²) in [6.45, 7) is 3.29. The van der Waals surface area contributed by atoms with Gasteiger partial charge in [0, 0.05) is 19.2 Å². The summed E-state index contributed by atoms with van der Waals surface area (Å²) in [5.41, 5.74) is 1.24. The molecule has 0 saturated carbocycles. The average molecular weight is 421 g/mol. The van der Waals surface area contributed by atoms with Gasteiger partial charge in [-0.1, -0.05) is 42.5 Å². The minimum atomic E-state index is -0.977. The molecular formula is C24H28N4O3. The largest absolute Gasteiger partial charge is 0.383 e. The Kier molecular flexibility index (Phi) is 5.78. The highest BCUT2D eigenvalue weighted by molar-refractivity contribution is 6.08. The van der Waals surface area contributed by atoms with Crippen molar-refractivity contribution in [1.29, 1.82) is 5.41 Å². The SMILES string of the molecule is COC[C@H]1CCCN1C(=O)c1cccc(CN2C(=N)NC(C)(c3ccccc3)C2=O)c1. The number of nitrogens with one attached hydrogen (secondary N) is 2. The summed E-state index contributed by atoms with van der Waals surface area (Å²) in [5.74, 6) is -0.135. The van der Waals surface area contributed by atoms with Crippen LogP contribution in [0.25, 0.3) is 0 Å². The van der Waals surface area contributed by atoms with Crippen LogP contribution >= 0.6 is 0 Å². The van der Waals surface area contributed by atoms with Crippen LogP contribution in [0.15, 0.2) is 54.6 Å². The first-order valence-corrected chi connectivity index (χ1v) is 10.6. The molecule has 0 bridgehead atoms. The van der Waals surface area contributed by atoms with Gasteiger partial charge < -0.3 is 15.0 Å². The van der Waals surface area contributed by atoms with Gasteiger partial charge in [0.2, 0.25) is 0 Å². The number of benzene rings is 2. The van der Waals surface area contributed by atoms with Crippen molar-refractivity contribution in [3.8, 4) is 0 Å². The normalized spacial score (nSPS) is 23.4. The van der Waals surface area contributed by atoms with Gasteiger partial charge in [0.15, 0.2) is 5.96 Å². The highest BCUT2D eigenvalue weighted by atomic mass is 16.5. The zero-order valence-corrected chi connectivity index (χ0v) is 17.9. The molecule has 1 unspecified atom stereocenters. The standard InChI is InChI=1S/C24H28N4O3/c1-24(19-10-4-3-5-11-19)22(30)28(23(25)26-24)15-17-8-6-9-18(14-17)21(29)27-13-7-12-20(27)16-31-2/h3-6,8-11,14,20H,7,12-13,15-16H2,1-2H3,(H2,25,26)/t20-,24?/m1/s1. The van der Waals surface area contributed by atoms with Gasteiger partial charge in [0.25, 0.3) is 11.8 Å². The van der Waals surface area contributed by atoms with Crippen molar-refractivity contribution in [2.75, 3.05) is 20.3 Å². The fourth-order valence-electron chi connectivity index (χ4n) is 4.47. The maximum absolute atomic E-state index is 13.2. The molecule has 2 aromatic carbocycles. The van der Waals surface area contributed by atoms with Crippen molar-refractivity contribution in [3.05, 3.63) is 71.3 Å². The van der Waals surface area contributed by atoms with E-state index in [4.69, 9.17) is 10.1 Å². The number of ether oxygens (including phenoxy) is 1. The van der Waals surface area contributed by atoms with Gasteiger partial charge in [-0.2, -0.15) is 0 Å². The Labute approximate surface area is 182 Å². The number of likely N-dealkylation sites (tertiary alicyclic amines) is 1. The number of nitrogens with zero attached hydrogens (tertiary/aromatic N) is 2. The number of hydrogen-bond donors (Lipinski definition) is 2. The topological polar surface area (TPSA) is 85.7 Å². The van der Waals surface area contributed by atoms with Crippen molar-refractivity contribution in [3.63, 3.8) is 0 Å². The molecule has 2 N–H and O–H groups in total. The summed E-state index contributed by atoms with van der Waals surface area (Å²) >= 11 is 0. The molecule has 31 heavy (non-hydrogen) atoms. The molecular weight excluding hydrogens is 392 g/mol. The van der Waals surface area contributed by atoms with Gasteiger partial charge in [0.05, 0.1) is 19.2 Å². The minimum absolute atomic E-state index is 0.0172. The van der Waals surface area contributed by atoms with Crippen molar-refractivity contribution >= 4 is 17.8 Å². The van der Waals surface area contributed by atoms with E-state index in [9.17, 15) is 9.59 Å². The second kappa shape index (κ2) is 8.51. The lowest BCUT2D eigenvalue weighted by atomic mass is 9.92. The van der Waals surface area contributed by atoms with Gasteiger partial charge in [-0.3, -0.25) is 19.9 Å². The fraction of sp³-hybridized carbons (Fsp3) is 0.375. The average Bonchev–Trinajstić information content (AvgIpc) is 3.33. The number of guanidine groups is 1. The second-order valence-electron chi connectivity index (χ2n) is 8.31. The third-order valence-electron chi connectivity index (χ3n) is 6.17. The van der Waals surface area contributed by atoms with Gasteiger partial charge >= 0.3 is 0 Å². The highest BCUT2D eigenvalue weighted by Crippen LogP contribution is 2.29. The first-order chi connectivity index (χ1) is 14.9. The number of carbonyl (C=O) groups is 2. The van der Waals surface area contributed by atoms with Gasteiger partial charge in [0.1, 0.15) is 5.54 Å². The molecule has 2 aliphatic heterocycles. The highest BCUT2D eigenvalue weighted by Gasteiger charge is 2.47. The lowest BCUT2D eigenvalue weighted by Crippen LogP contribution is -2.40. The van der Waals surface area contributed by atoms with E-state index in [2.05, 4.69) is 5.32 Å². The van der Waals surface area contributed by atoms with E-state index in [0.717, 1.165) is 30.5 Å². The summed E-state index contributed by atoms with van der Waals surface area (Å²) in [6.07, 6.45) is 1.92. The Balaban J connectivity index is 1.52. The first-order valence-electron chi connectivity index (χ1n) is 10.6. The monoisotopic (exact) mass is 420 g/mol.